The molecule has 2 nitrogen and oxygen atoms in total. The molecule has 1 aromatic heterocycles. The molecule has 0 aliphatic carbocycles. The number of thiazole rings is 1. The van der Waals surface area contributed by atoms with E-state index in [1.54, 1.807) is 11.3 Å². The van der Waals surface area contributed by atoms with Crippen LogP contribution in [-0.4, -0.2) is 41.5 Å². The van der Waals surface area contributed by atoms with E-state index in [-0.39, 0.29) is 0 Å². The van der Waals surface area contributed by atoms with Crippen LogP contribution in [0.1, 0.15) is 36.9 Å². The molecular formula is C14H25ClN2S2. The van der Waals surface area contributed by atoms with Gasteiger partial charge in [-0.15, -0.1) is 22.9 Å². The van der Waals surface area contributed by atoms with E-state index in [2.05, 4.69) is 35.5 Å². The summed E-state index contributed by atoms with van der Waals surface area (Å²) in [5.41, 5.74) is 1.02. The topological polar surface area (TPSA) is 16.1 Å². The van der Waals surface area contributed by atoms with Gasteiger partial charge in [-0.05, 0) is 45.5 Å². The fourth-order valence-corrected chi connectivity index (χ4v) is 4.04. The Morgan fingerprint density at radius 2 is 2.26 bits per heavy atom. The number of aromatic nitrogens is 1. The van der Waals surface area contributed by atoms with Gasteiger partial charge < -0.3 is 4.90 Å². The summed E-state index contributed by atoms with van der Waals surface area (Å²) in [6.45, 7) is 3.47. The van der Waals surface area contributed by atoms with Gasteiger partial charge in [0.15, 0.2) is 0 Å². The molecule has 5 heteroatoms. The van der Waals surface area contributed by atoms with Gasteiger partial charge in [-0.3, -0.25) is 0 Å². The van der Waals surface area contributed by atoms with Gasteiger partial charge in [-0.1, -0.05) is 6.92 Å². The second-order valence-electron chi connectivity index (χ2n) is 4.82. The summed E-state index contributed by atoms with van der Waals surface area (Å²) in [4.78, 5) is 7.00. The summed E-state index contributed by atoms with van der Waals surface area (Å²) in [5, 5.41) is 3.30. The van der Waals surface area contributed by atoms with E-state index in [9.17, 15) is 0 Å². The first kappa shape index (κ1) is 17.3. The van der Waals surface area contributed by atoms with E-state index in [1.165, 1.54) is 36.6 Å². The number of hydrogen-bond donors (Lipinski definition) is 0. The van der Waals surface area contributed by atoms with Gasteiger partial charge in [-0.2, -0.15) is 11.8 Å². The quantitative estimate of drug-likeness (QED) is 0.473. The predicted molar refractivity (Wildman–Crippen MR) is 89.7 cm³/mol. The van der Waals surface area contributed by atoms with Crippen molar-refractivity contribution >= 4 is 34.7 Å². The van der Waals surface area contributed by atoms with Crippen molar-refractivity contribution < 1.29 is 0 Å². The Kier molecular flexibility index (Phi) is 9.12. The SMILES string of the molecule is CCC(CSC)N(C)CCCCc1nc(CCl)cs1. The van der Waals surface area contributed by atoms with Gasteiger partial charge in [0.2, 0.25) is 0 Å². The molecule has 19 heavy (non-hydrogen) atoms. The first-order valence-corrected chi connectivity index (χ1v) is 9.70. The normalized spacial score (nSPS) is 13.1. The molecule has 0 aliphatic heterocycles. The molecule has 0 fully saturated rings. The van der Waals surface area contributed by atoms with Crippen LogP contribution >= 0.6 is 34.7 Å². The third-order valence-electron chi connectivity index (χ3n) is 3.34. The Labute approximate surface area is 130 Å². The Morgan fingerprint density at radius 1 is 1.47 bits per heavy atom. The maximum atomic E-state index is 5.76. The molecule has 0 saturated carbocycles. The zero-order valence-electron chi connectivity index (χ0n) is 12.2. The molecule has 0 amide bonds. The highest BCUT2D eigenvalue weighted by molar-refractivity contribution is 7.98. The fraction of sp³-hybridized carbons (Fsp3) is 0.786. The highest BCUT2D eigenvalue weighted by Crippen LogP contribution is 2.15. The standard InChI is InChI=1S/C14H25ClN2S2/c1-4-13(11-18-3)17(2)8-6-5-7-14-16-12(9-15)10-19-14/h10,13H,4-9,11H2,1-3H3. The number of halogens is 1. The van der Waals surface area contributed by atoms with Crippen molar-refractivity contribution in [3.8, 4) is 0 Å². The lowest BCUT2D eigenvalue weighted by Crippen LogP contribution is -2.33. The molecule has 0 N–H and O–H groups in total. The zero-order chi connectivity index (χ0) is 14.1. The van der Waals surface area contributed by atoms with E-state index < -0.39 is 0 Å². The molecule has 1 unspecified atom stereocenters. The minimum absolute atomic E-state index is 0.534. The molecule has 1 aromatic rings. The van der Waals surface area contributed by atoms with Crippen LogP contribution in [0.25, 0.3) is 0 Å². The first-order chi connectivity index (χ1) is 9.21. The Morgan fingerprint density at radius 3 is 2.84 bits per heavy atom. The summed E-state index contributed by atoms with van der Waals surface area (Å²) >= 11 is 9.44. The van der Waals surface area contributed by atoms with E-state index in [4.69, 9.17) is 11.6 Å². The largest absolute Gasteiger partial charge is 0.303 e. The summed E-state index contributed by atoms with van der Waals surface area (Å²) in [6.07, 6.45) is 6.98. The molecule has 1 rings (SSSR count). The lowest BCUT2D eigenvalue weighted by molar-refractivity contribution is 0.251. The maximum absolute atomic E-state index is 5.76. The minimum Gasteiger partial charge on any atom is -0.303 e. The van der Waals surface area contributed by atoms with E-state index >= 15 is 0 Å². The van der Waals surface area contributed by atoms with Gasteiger partial charge in [0.05, 0.1) is 16.6 Å². The average molecular weight is 321 g/mol. The van der Waals surface area contributed by atoms with Gasteiger partial charge in [-0.25, -0.2) is 4.98 Å². The number of rotatable bonds is 10. The summed E-state index contributed by atoms with van der Waals surface area (Å²) in [7, 11) is 2.25. The van der Waals surface area contributed by atoms with Crippen LogP contribution in [0, 0.1) is 0 Å². The van der Waals surface area contributed by atoms with Crippen molar-refractivity contribution in [1.29, 1.82) is 0 Å². The molecule has 1 atom stereocenters. The Balaban J connectivity index is 2.19. The number of thioether (sulfide) groups is 1. The number of aryl methyl sites for hydroxylation is 1. The second kappa shape index (κ2) is 10.0. The van der Waals surface area contributed by atoms with Crippen molar-refractivity contribution in [2.75, 3.05) is 25.6 Å². The molecule has 0 saturated heterocycles. The van der Waals surface area contributed by atoms with Gasteiger partial charge in [0.1, 0.15) is 0 Å². The molecule has 110 valence electrons. The van der Waals surface area contributed by atoms with E-state index in [1.807, 2.05) is 11.8 Å². The van der Waals surface area contributed by atoms with Gasteiger partial charge in [0, 0.05) is 17.2 Å². The fourth-order valence-electron chi connectivity index (χ4n) is 2.09. The Bertz CT molecular complexity index is 344. The molecular weight excluding hydrogens is 296 g/mol. The lowest BCUT2D eigenvalue weighted by atomic mass is 10.2. The lowest BCUT2D eigenvalue weighted by Gasteiger charge is -2.26. The maximum Gasteiger partial charge on any atom is 0.0928 e. The highest BCUT2D eigenvalue weighted by Gasteiger charge is 2.11. The molecule has 1 heterocycles. The van der Waals surface area contributed by atoms with Crippen molar-refractivity contribution in [3.63, 3.8) is 0 Å². The number of nitrogens with zero attached hydrogens (tertiary/aromatic N) is 2. The van der Waals surface area contributed by atoms with Crippen LogP contribution < -0.4 is 0 Å². The number of hydrogen-bond acceptors (Lipinski definition) is 4. The van der Waals surface area contributed by atoms with Gasteiger partial charge in [0.25, 0.3) is 0 Å². The molecule has 0 spiro atoms. The smallest absolute Gasteiger partial charge is 0.0928 e. The number of unbranched alkanes of at least 4 members (excludes halogenated alkanes) is 1. The monoisotopic (exact) mass is 320 g/mol. The Hall–Kier alpha value is 0.230. The highest BCUT2D eigenvalue weighted by atomic mass is 35.5. The molecule has 0 aliphatic rings. The minimum atomic E-state index is 0.534. The summed E-state index contributed by atoms with van der Waals surface area (Å²) in [6, 6.07) is 0.720. The average Bonchev–Trinajstić information content (AvgIpc) is 2.88. The van der Waals surface area contributed by atoms with Crippen molar-refractivity contribution in [2.24, 2.45) is 0 Å². The first-order valence-electron chi connectivity index (χ1n) is 6.89. The molecule has 0 bridgehead atoms. The van der Waals surface area contributed by atoms with E-state index in [0.717, 1.165) is 18.2 Å². The number of alkyl halides is 1. The summed E-state index contributed by atoms with van der Waals surface area (Å²) in [5.74, 6) is 1.77. The van der Waals surface area contributed by atoms with E-state index in [0.29, 0.717) is 5.88 Å². The van der Waals surface area contributed by atoms with Crippen LogP contribution in [0.2, 0.25) is 0 Å². The summed E-state index contributed by atoms with van der Waals surface area (Å²) < 4.78 is 0. The van der Waals surface area contributed by atoms with Crippen LogP contribution in [0.3, 0.4) is 0 Å². The van der Waals surface area contributed by atoms with Crippen LogP contribution in [0.4, 0.5) is 0 Å². The third kappa shape index (κ3) is 6.48. The second-order valence-corrected chi connectivity index (χ2v) is 6.94. The van der Waals surface area contributed by atoms with Crippen molar-refractivity contribution in [1.82, 2.24) is 9.88 Å². The van der Waals surface area contributed by atoms with Crippen molar-refractivity contribution in [3.05, 3.63) is 16.1 Å². The zero-order valence-corrected chi connectivity index (χ0v) is 14.6. The van der Waals surface area contributed by atoms with Gasteiger partial charge >= 0.3 is 0 Å². The van der Waals surface area contributed by atoms with Crippen LogP contribution in [-0.2, 0) is 12.3 Å². The van der Waals surface area contributed by atoms with Crippen molar-refractivity contribution in [2.45, 2.75) is 44.5 Å². The third-order valence-corrected chi connectivity index (χ3v) is 5.29. The molecule has 0 aromatic carbocycles. The molecule has 0 radical (unpaired) electrons. The predicted octanol–water partition coefficient (Wildman–Crippen LogP) is 4.28. The van der Waals surface area contributed by atoms with Crippen LogP contribution in [0.5, 0.6) is 0 Å². The van der Waals surface area contributed by atoms with Crippen LogP contribution in [0.15, 0.2) is 5.38 Å².